The maximum Gasteiger partial charge on any atom is 0.495 e. The first-order chi connectivity index (χ1) is 21.3. The predicted molar refractivity (Wildman–Crippen MR) is 170 cm³/mol. The highest BCUT2D eigenvalue weighted by Gasteiger charge is 2.52. The molecule has 45 heavy (non-hydrogen) atoms. The zero-order valence-electron chi connectivity index (χ0n) is 25.0. The van der Waals surface area contributed by atoms with Crippen LogP contribution in [0.25, 0.3) is 33.4 Å². The third-order valence-corrected chi connectivity index (χ3v) is 8.33. The third kappa shape index (κ3) is 5.48. The molecule has 1 fully saturated rings. The lowest BCUT2D eigenvalue weighted by molar-refractivity contribution is 0.00578. The quantitative estimate of drug-likeness (QED) is 0.106. The number of amides is 1. The highest BCUT2D eigenvalue weighted by atomic mass is 16.7. The van der Waals surface area contributed by atoms with E-state index in [1.165, 1.54) is 48.7 Å². The molecule has 0 unspecified atom stereocenters. The number of aromatic hydroxyl groups is 1. The summed E-state index contributed by atoms with van der Waals surface area (Å²) in [5.41, 5.74) is 4.01. The van der Waals surface area contributed by atoms with E-state index in [9.17, 15) is 24.6 Å². The van der Waals surface area contributed by atoms with E-state index < -0.39 is 30.2 Å². The standard InChI is InChI=1S/C34H29BN2O8/c1-33(2)34(3,4)45-35(44-33)27-8-6-5-7-20(27)18-36-37-31(40)19-9-12-23(26(15-19)32(41)42)30-24-13-10-21(38)16-28(24)43-29-17-22(39)11-14-25(29)30/h5-18,38H,1-4H3,(H,37,40)(H,41,42). The van der Waals surface area contributed by atoms with Crippen LogP contribution < -0.4 is 16.3 Å². The molecule has 2 heterocycles. The smallest absolute Gasteiger partial charge is 0.495 e. The summed E-state index contributed by atoms with van der Waals surface area (Å²) in [7, 11) is -0.624. The largest absolute Gasteiger partial charge is 0.508 e. The molecule has 0 bridgehead atoms. The number of nitrogens with one attached hydrogen (secondary N) is 1. The first kappa shape index (κ1) is 29.8. The van der Waals surface area contributed by atoms with Gasteiger partial charge in [-0.15, -0.1) is 0 Å². The summed E-state index contributed by atoms with van der Waals surface area (Å²) in [6, 6.07) is 20.4. The second kappa shape index (κ2) is 11.0. The normalized spacial score (nSPS) is 15.6. The third-order valence-electron chi connectivity index (χ3n) is 8.33. The summed E-state index contributed by atoms with van der Waals surface area (Å²) < 4.78 is 18.2. The highest BCUT2D eigenvalue weighted by molar-refractivity contribution is 6.63. The molecule has 1 aliphatic carbocycles. The summed E-state index contributed by atoms with van der Waals surface area (Å²) in [5, 5.41) is 24.9. The Balaban J connectivity index is 1.32. The number of benzene rings is 4. The Bertz CT molecular complexity index is 2030. The molecule has 6 rings (SSSR count). The van der Waals surface area contributed by atoms with Crippen molar-refractivity contribution < 1.29 is 33.5 Å². The van der Waals surface area contributed by atoms with Gasteiger partial charge >= 0.3 is 13.1 Å². The zero-order valence-corrected chi connectivity index (χ0v) is 25.0. The second-order valence-electron chi connectivity index (χ2n) is 11.8. The van der Waals surface area contributed by atoms with Crippen molar-refractivity contribution in [3.8, 4) is 28.2 Å². The molecular formula is C34H29BN2O8. The van der Waals surface area contributed by atoms with Crippen LogP contribution in [0.15, 0.2) is 93.2 Å². The van der Waals surface area contributed by atoms with Gasteiger partial charge in [-0.1, -0.05) is 30.3 Å². The van der Waals surface area contributed by atoms with Crippen LogP contribution in [-0.4, -0.2) is 46.6 Å². The fourth-order valence-corrected chi connectivity index (χ4v) is 5.27. The Hall–Kier alpha value is -5.26. The van der Waals surface area contributed by atoms with E-state index >= 15 is 0 Å². The predicted octanol–water partition coefficient (Wildman–Crippen LogP) is 5.03. The van der Waals surface area contributed by atoms with Crippen molar-refractivity contribution in [2.75, 3.05) is 0 Å². The first-order valence-electron chi connectivity index (χ1n) is 14.2. The van der Waals surface area contributed by atoms with E-state index in [4.69, 9.17) is 13.7 Å². The summed E-state index contributed by atoms with van der Waals surface area (Å²) in [4.78, 5) is 37.7. The molecule has 3 aliphatic rings. The van der Waals surface area contributed by atoms with Gasteiger partial charge in [-0.05, 0) is 80.7 Å². The monoisotopic (exact) mass is 604 g/mol. The van der Waals surface area contributed by atoms with Gasteiger partial charge in [0.2, 0.25) is 0 Å². The average molecular weight is 604 g/mol. The molecule has 3 aromatic rings. The topological polar surface area (TPSA) is 148 Å². The number of carboxylic acids is 1. The van der Waals surface area contributed by atoms with Crippen molar-refractivity contribution in [1.82, 2.24) is 5.43 Å². The molecule has 0 spiro atoms. The minimum absolute atomic E-state index is 0.0561. The zero-order chi connectivity index (χ0) is 32.1. The number of rotatable bonds is 6. The Morgan fingerprint density at radius 1 is 0.889 bits per heavy atom. The lowest BCUT2D eigenvalue weighted by Crippen LogP contribution is -2.41. The van der Waals surface area contributed by atoms with E-state index in [0.717, 1.165) is 5.46 Å². The van der Waals surface area contributed by atoms with Crippen LogP contribution in [0, 0.1) is 0 Å². The highest BCUT2D eigenvalue weighted by Crippen LogP contribution is 2.42. The van der Waals surface area contributed by atoms with Gasteiger partial charge in [0.15, 0.2) is 5.43 Å². The molecule has 1 amide bonds. The van der Waals surface area contributed by atoms with Crippen LogP contribution in [0.1, 0.15) is 54.0 Å². The summed E-state index contributed by atoms with van der Waals surface area (Å²) in [6.07, 6.45) is 1.48. The van der Waals surface area contributed by atoms with Gasteiger partial charge < -0.3 is 23.9 Å². The number of carbonyl (C=O) groups excluding carboxylic acids is 1. The van der Waals surface area contributed by atoms with Crippen LogP contribution in [0.2, 0.25) is 0 Å². The van der Waals surface area contributed by atoms with Gasteiger partial charge in [-0.2, -0.15) is 5.10 Å². The van der Waals surface area contributed by atoms with Crippen LogP contribution in [-0.2, 0) is 9.31 Å². The molecule has 3 aromatic carbocycles. The Kier molecular flexibility index (Phi) is 7.30. The summed E-state index contributed by atoms with van der Waals surface area (Å²) in [6.45, 7) is 7.86. The molecule has 0 radical (unpaired) electrons. The molecule has 2 aliphatic heterocycles. The molecule has 10 nitrogen and oxygen atoms in total. The van der Waals surface area contributed by atoms with Crippen LogP contribution in [0.3, 0.4) is 0 Å². The van der Waals surface area contributed by atoms with E-state index in [1.807, 2.05) is 52.0 Å². The van der Waals surface area contributed by atoms with Crippen molar-refractivity contribution in [1.29, 1.82) is 0 Å². The van der Waals surface area contributed by atoms with E-state index in [2.05, 4.69) is 10.5 Å². The van der Waals surface area contributed by atoms with E-state index in [0.29, 0.717) is 27.6 Å². The fourth-order valence-electron chi connectivity index (χ4n) is 5.27. The number of aromatic carboxylic acids is 1. The maximum atomic E-state index is 13.1. The Morgan fingerprint density at radius 2 is 1.60 bits per heavy atom. The molecule has 3 N–H and O–H groups in total. The average Bonchev–Trinajstić information content (AvgIpc) is 3.21. The van der Waals surface area contributed by atoms with Gasteiger partial charge in [-0.25, -0.2) is 10.2 Å². The van der Waals surface area contributed by atoms with Crippen LogP contribution in [0.5, 0.6) is 5.75 Å². The molecule has 11 heteroatoms. The molecule has 0 saturated carbocycles. The number of hydrogen-bond donors (Lipinski definition) is 3. The molecular weight excluding hydrogens is 575 g/mol. The van der Waals surface area contributed by atoms with Crippen molar-refractivity contribution in [3.63, 3.8) is 0 Å². The van der Waals surface area contributed by atoms with E-state index in [1.54, 1.807) is 12.1 Å². The molecule has 0 atom stereocenters. The van der Waals surface area contributed by atoms with Gasteiger partial charge in [0.05, 0.1) is 23.0 Å². The van der Waals surface area contributed by atoms with Gasteiger partial charge in [0.1, 0.15) is 17.1 Å². The number of carbonyl (C=O) groups is 2. The SMILES string of the molecule is CC1(C)OB(c2ccccc2C=NNC(=O)c2ccc(-c3c4ccc(=O)cc-4oc4cc(O)ccc34)c(C(=O)O)c2)OC1(C)C. The number of carboxylic acid groups (broad SMARTS) is 1. The minimum Gasteiger partial charge on any atom is -0.508 e. The number of hydrogen-bond acceptors (Lipinski definition) is 8. The van der Waals surface area contributed by atoms with Crippen molar-refractivity contribution in [2.24, 2.45) is 5.10 Å². The van der Waals surface area contributed by atoms with Crippen molar-refractivity contribution in [3.05, 3.63) is 106 Å². The summed E-state index contributed by atoms with van der Waals surface area (Å²) >= 11 is 0. The van der Waals surface area contributed by atoms with Crippen LogP contribution >= 0.6 is 0 Å². The van der Waals surface area contributed by atoms with Gasteiger partial charge in [0.25, 0.3) is 5.91 Å². The van der Waals surface area contributed by atoms with Gasteiger partial charge in [-0.3, -0.25) is 9.59 Å². The minimum atomic E-state index is -1.26. The second-order valence-corrected chi connectivity index (χ2v) is 11.8. The lowest BCUT2D eigenvalue weighted by atomic mass is 9.76. The van der Waals surface area contributed by atoms with Crippen LogP contribution in [0.4, 0.5) is 0 Å². The molecule has 1 saturated heterocycles. The molecule has 0 aromatic heterocycles. The number of phenolic OH excluding ortho intramolecular Hbond substituents is 1. The van der Waals surface area contributed by atoms with E-state index in [-0.39, 0.29) is 33.6 Å². The first-order valence-corrected chi connectivity index (χ1v) is 14.2. The summed E-state index contributed by atoms with van der Waals surface area (Å²) in [5.74, 6) is -1.71. The van der Waals surface area contributed by atoms with Crippen molar-refractivity contribution >= 4 is 41.6 Å². The fraction of sp³-hybridized carbons (Fsp3) is 0.176. The number of nitrogens with zero attached hydrogens (tertiary/aromatic N) is 1. The van der Waals surface area contributed by atoms with Crippen molar-refractivity contribution in [2.45, 2.75) is 38.9 Å². The van der Waals surface area contributed by atoms with Gasteiger partial charge in [0, 0.05) is 34.2 Å². The molecule has 226 valence electrons. The number of fused-ring (bicyclic) bond motifs is 2. The number of hydrazone groups is 1. The Morgan fingerprint density at radius 3 is 2.33 bits per heavy atom. The Labute approximate surface area is 258 Å². The maximum absolute atomic E-state index is 13.1. The number of phenols is 1. The lowest BCUT2D eigenvalue weighted by Gasteiger charge is -2.32.